The highest BCUT2D eigenvalue weighted by atomic mass is 32.2. The molecule has 2 aromatic rings. The maximum Gasteiger partial charge on any atom is 0.262 e. The van der Waals surface area contributed by atoms with Gasteiger partial charge >= 0.3 is 0 Å². The van der Waals surface area contributed by atoms with E-state index in [-0.39, 0.29) is 10.8 Å². The van der Waals surface area contributed by atoms with Crippen molar-refractivity contribution < 1.29 is 13.2 Å². The molecule has 1 aliphatic rings. The minimum Gasteiger partial charge on any atom is -0.352 e. The standard InChI is InChI=1S/C20H22N2O3S/c1-3-14-21-19(23)20(12-13-20)16-8-10-17(11-9-16)22-26(24,25)18-7-5-4-6-15(18)2/h3-11,22H,1,12-14H2,2H3,(H,21,23). The van der Waals surface area contributed by atoms with Crippen LogP contribution in [0, 0.1) is 6.92 Å². The molecule has 3 rings (SSSR count). The molecule has 0 bridgehead atoms. The highest BCUT2D eigenvalue weighted by Crippen LogP contribution is 2.48. The van der Waals surface area contributed by atoms with Crippen LogP contribution in [0.1, 0.15) is 24.0 Å². The first kappa shape index (κ1) is 18.2. The molecule has 2 N–H and O–H groups in total. The lowest BCUT2D eigenvalue weighted by molar-refractivity contribution is -0.123. The molecule has 26 heavy (non-hydrogen) atoms. The van der Waals surface area contributed by atoms with Crippen LogP contribution in [0.15, 0.2) is 66.1 Å². The SMILES string of the molecule is C=CCNC(=O)C1(c2ccc(NS(=O)(=O)c3ccccc3C)cc2)CC1. The first-order chi connectivity index (χ1) is 12.4. The van der Waals surface area contributed by atoms with E-state index in [0.717, 1.165) is 18.4 Å². The maximum atomic E-state index is 12.6. The van der Waals surface area contributed by atoms with Crippen molar-refractivity contribution in [1.82, 2.24) is 5.32 Å². The van der Waals surface area contributed by atoms with E-state index in [2.05, 4.69) is 16.6 Å². The summed E-state index contributed by atoms with van der Waals surface area (Å²) in [5, 5.41) is 2.85. The van der Waals surface area contributed by atoms with Gasteiger partial charge in [0.15, 0.2) is 0 Å². The molecule has 0 unspecified atom stereocenters. The smallest absolute Gasteiger partial charge is 0.262 e. The van der Waals surface area contributed by atoms with Gasteiger partial charge in [0.05, 0.1) is 10.3 Å². The summed E-state index contributed by atoms with van der Waals surface area (Å²) in [4.78, 5) is 12.6. The molecule has 0 saturated heterocycles. The Balaban J connectivity index is 1.77. The number of hydrogen-bond donors (Lipinski definition) is 2. The molecule has 136 valence electrons. The lowest BCUT2D eigenvalue weighted by Crippen LogP contribution is -2.34. The van der Waals surface area contributed by atoms with Crippen LogP contribution < -0.4 is 10.0 Å². The Labute approximate surface area is 154 Å². The third kappa shape index (κ3) is 3.51. The molecule has 0 aromatic heterocycles. The van der Waals surface area contributed by atoms with E-state index >= 15 is 0 Å². The van der Waals surface area contributed by atoms with Crippen LogP contribution in [0.5, 0.6) is 0 Å². The summed E-state index contributed by atoms with van der Waals surface area (Å²) in [6, 6.07) is 13.9. The summed E-state index contributed by atoms with van der Waals surface area (Å²) < 4.78 is 27.7. The summed E-state index contributed by atoms with van der Waals surface area (Å²) in [5.41, 5.74) is 1.57. The van der Waals surface area contributed by atoms with Crippen LogP contribution >= 0.6 is 0 Å². The number of sulfonamides is 1. The Morgan fingerprint density at radius 2 is 1.81 bits per heavy atom. The van der Waals surface area contributed by atoms with Gasteiger partial charge in [-0.3, -0.25) is 9.52 Å². The molecule has 0 aliphatic heterocycles. The molecular weight excluding hydrogens is 348 g/mol. The predicted octanol–water partition coefficient (Wildman–Crippen LogP) is 3.13. The number of benzene rings is 2. The lowest BCUT2D eigenvalue weighted by Gasteiger charge is -2.16. The van der Waals surface area contributed by atoms with Crippen LogP contribution in [0.2, 0.25) is 0 Å². The number of aryl methyl sites for hydroxylation is 1. The van der Waals surface area contributed by atoms with Crippen molar-refractivity contribution >= 4 is 21.6 Å². The average Bonchev–Trinajstić information content (AvgIpc) is 3.42. The number of amides is 1. The largest absolute Gasteiger partial charge is 0.352 e. The molecule has 1 amide bonds. The zero-order valence-electron chi connectivity index (χ0n) is 14.7. The quantitative estimate of drug-likeness (QED) is 0.735. The van der Waals surface area contributed by atoms with Gasteiger partial charge in [-0.1, -0.05) is 36.4 Å². The fraction of sp³-hybridized carbons (Fsp3) is 0.250. The highest BCUT2D eigenvalue weighted by molar-refractivity contribution is 7.92. The maximum absolute atomic E-state index is 12.6. The van der Waals surface area contributed by atoms with Gasteiger partial charge < -0.3 is 5.32 Å². The van der Waals surface area contributed by atoms with Crippen molar-refractivity contribution in [3.63, 3.8) is 0 Å². The topological polar surface area (TPSA) is 75.3 Å². The number of hydrogen-bond acceptors (Lipinski definition) is 3. The summed E-state index contributed by atoms with van der Waals surface area (Å²) in [6.07, 6.45) is 3.24. The number of carbonyl (C=O) groups excluding carboxylic acids is 1. The van der Waals surface area contributed by atoms with E-state index in [4.69, 9.17) is 0 Å². The average molecular weight is 370 g/mol. The van der Waals surface area contributed by atoms with E-state index in [1.54, 1.807) is 49.4 Å². The van der Waals surface area contributed by atoms with E-state index in [1.807, 2.05) is 12.1 Å². The Morgan fingerprint density at radius 1 is 1.15 bits per heavy atom. The van der Waals surface area contributed by atoms with Gasteiger partial charge in [-0.25, -0.2) is 8.42 Å². The van der Waals surface area contributed by atoms with Crippen molar-refractivity contribution in [3.05, 3.63) is 72.3 Å². The monoisotopic (exact) mass is 370 g/mol. The number of rotatable bonds is 7. The molecule has 2 aromatic carbocycles. The van der Waals surface area contributed by atoms with Crippen molar-refractivity contribution in [2.45, 2.75) is 30.1 Å². The van der Waals surface area contributed by atoms with Crippen LogP contribution in [0.4, 0.5) is 5.69 Å². The second-order valence-corrected chi connectivity index (χ2v) is 8.18. The van der Waals surface area contributed by atoms with E-state index in [0.29, 0.717) is 17.8 Å². The normalized spacial score (nSPS) is 15.1. The first-order valence-corrected chi connectivity index (χ1v) is 9.95. The second kappa shape index (κ2) is 6.96. The molecule has 0 spiro atoms. The van der Waals surface area contributed by atoms with Gasteiger partial charge in [0.1, 0.15) is 0 Å². The zero-order valence-corrected chi connectivity index (χ0v) is 15.5. The van der Waals surface area contributed by atoms with Gasteiger partial charge in [0.2, 0.25) is 5.91 Å². The summed E-state index contributed by atoms with van der Waals surface area (Å²) >= 11 is 0. The fourth-order valence-corrected chi connectivity index (χ4v) is 4.34. The Hall–Kier alpha value is -2.60. The van der Waals surface area contributed by atoms with E-state index in [9.17, 15) is 13.2 Å². The molecule has 1 aliphatic carbocycles. The Bertz CT molecular complexity index is 930. The molecule has 0 atom stereocenters. The lowest BCUT2D eigenvalue weighted by atomic mass is 9.95. The minimum absolute atomic E-state index is 0.00867. The third-order valence-electron chi connectivity index (χ3n) is 4.66. The number of carbonyl (C=O) groups is 1. The van der Waals surface area contributed by atoms with Crippen molar-refractivity contribution in [2.75, 3.05) is 11.3 Å². The Kier molecular flexibility index (Phi) is 4.87. The van der Waals surface area contributed by atoms with E-state index in [1.165, 1.54) is 0 Å². The molecule has 5 nitrogen and oxygen atoms in total. The number of nitrogens with one attached hydrogen (secondary N) is 2. The second-order valence-electron chi connectivity index (χ2n) is 6.53. The van der Waals surface area contributed by atoms with Crippen molar-refractivity contribution in [3.8, 4) is 0 Å². The molecule has 0 radical (unpaired) electrons. The third-order valence-corrected chi connectivity index (χ3v) is 6.21. The molecule has 1 fully saturated rings. The minimum atomic E-state index is -3.65. The van der Waals surface area contributed by atoms with Crippen LogP contribution in [0.3, 0.4) is 0 Å². The van der Waals surface area contributed by atoms with Crippen LogP contribution in [0.25, 0.3) is 0 Å². The van der Waals surface area contributed by atoms with E-state index < -0.39 is 15.4 Å². The van der Waals surface area contributed by atoms with Gasteiger partial charge in [-0.2, -0.15) is 0 Å². The van der Waals surface area contributed by atoms with Crippen molar-refractivity contribution in [2.24, 2.45) is 0 Å². The molecule has 6 heteroatoms. The predicted molar refractivity (Wildman–Crippen MR) is 103 cm³/mol. The van der Waals surface area contributed by atoms with Gasteiger partial charge in [0.25, 0.3) is 10.0 Å². The van der Waals surface area contributed by atoms with Crippen LogP contribution in [-0.2, 0) is 20.2 Å². The van der Waals surface area contributed by atoms with Gasteiger partial charge in [-0.15, -0.1) is 6.58 Å². The first-order valence-electron chi connectivity index (χ1n) is 8.47. The summed E-state index contributed by atoms with van der Waals surface area (Å²) in [5.74, 6) is -0.00867. The Morgan fingerprint density at radius 3 is 2.38 bits per heavy atom. The highest BCUT2D eigenvalue weighted by Gasteiger charge is 2.50. The summed E-state index contributed by atoms with van der Waals surface area (Å²) in [7, 11) is -3.65. The van der Waals surface area contributed by atoms with Gasteiger partial charge in [-0.05, 0) is 49.1 Å². The zero-order chi connectivity index (χ0) is 18.8. The molecule has 0 heterocycles. The van der Waals surface area contributed by atoms with Gasteiger partial charge in [0, 0.05) is 12.2 Å². The number of anilines is 1. The molecule has 1 saturated carbocycles. The fourth-order valence-electron chi connectivity index (χ4n) is 3.03. The molecular formula is C20H22N2O3S. The van der Waals surface area contributed by atoms with Crippen LogP contribution in [-0.4, -0.2) is 20.9 Å². The van der Waals surface area contributed by atoms with Crippen molar-refractivity contribution in [1.29, 1.82) is 0 Å². The summed E-state index contributed by atoms with van der Waals surface area (Å²) in [6.45, 7) is 5.80.